The van der Waals surface area contributed by atoms with Crippen molar-refractivity contribution in [3.63, 3.8) is 0 Å². The molecule has 0 aromatic carbocycles. The van der Waals surface area contributed by atoms with Crippen molar-refractivity contribution >= 4 is 5.76 Å². The summed E-state index contributed by atoms with van der Waals surface area (Å²) in [6.07, 6.45) is 2.64. The molecule has 1 aromatic heterocycles. The molecule has 1 aromatic rings. The largest absolute Gasteiger partial charge is 0.494 e. The van der Waals surface area contributed by atoms with Crippen LogP contribution in [0, 0.1) is 5.82 Å². The Morgan fingerprint density at radius 2 is 2.50 bits per heavy atom. The lowest BCUT2D eigenvalue weighted by Crippen LogP contribution is -1.93. The molecule has 0 saturated heterocycles. The molecule has 0 atom stereocenters. The van der Waals surface area contributed by atoms with Crippen LogP contribution in [0.4, 0.5) is 4.39 Å². The van der Waals surface area contributed by atoms with Crippen LogP contribution in [0.3, 0.4) is 0 Å². The highest BCUT2D eigenvalue weighted by atomic mass is 19.1. The van der Waals surface area contributed by atoms with Gasteiger partial charge >= 0.3 is 0 Å². The summed E-state index contributed by atoms with van der Waals surface area (Å²) in [5.74, 6) is -0.0617. The van der Waals surface area contributed by atoms with Crippen LogP contribution in [0.2, 0.25) is 0 Å². The summed E-state index contributed by atoms with van der Waals surface area (Å²) >= 11 is 0. The quantitative estimate of drug-likeness (QED) is 0.644. The van der Waals surface area contributed by atoms with Crippen LogP contribution in [0.15, 0.2) is 25.0 Å². The summed E-state index contributed by atoms with van der Waals surface area (Å²) in [5.41, 5.74) is 0.367. The molecule has 12 heavy (non-hydrogen) atoms. The van der Waals surface area contributed by atoms with Gasteiger partial charge in [-0.15, -0.1) is 0 Å². The maximum Gasteiger partial charge on any atom is 0.152 e. The van der Waals surface area contributed by atoms with Gasteiger partial charge in [0.25, 0.3) is 0 Å². The maximum absolute atomic E-state index is 13.0. The van der Waals surface area contributed by atoms with Gasteiger partial charge in [0, 0.05) is 6.20 Å². The number of halogens is 1. The SMILES string of the molecule is C=C(OCC)c1ccncc1F. The molecule has 0 aliphatic heterocycles. The zero-order valence-electron chi connectivity index (χ0n) is 6.88. The zero-order chi connectivity index (χ0) is 8.97. The Kier molecular flexibility index (Phi) is 2.80. The molecule has 0 amide bonds. The van der Waals surface area contributed by atoms with E-state index in [2.05, 4.69) is 11.6 Å². The van der Waals surface area contributed by atoms with Crippen molar-refractivity contribution in [3.05, 3.63) is 36.4 Å². The first kappa shape index (κ1) is 8.71. The second-order valence-electron chi connectivity index (χ2n) is 2.21. The lowest BCUT2D eigenvalue weighted by atomic mass is 10.2. The second kappa shape index (κ2) is 3.85. The van der Waals surface area contributed by atoms with Gasteiger partial charge in [-0.2, -0.15) is 0 Å². The van der Waals surface area contributed by atoms with Gasteiger partial charge in [-0.05, 0) is 13.0 Å². The monoisotopic (exact) mass is 167 g/mol. The topological polar surface area (TPSA) is 22.1 Å². The lowest BCUT2D eigenvalue weighted by molar-refractivity contribution is 0.297. The smallest absolute Gasteiger partial charge is 0.152 e. The van der Waals surface area contributed by atoms with Gasteiger partial charge in [0.2, 0.25) is 0 Å². The fourth-order valence-electron chi connectivity index (χ4n) is 0.853. The molecule has 0 aliphatic rings. The first-order valence-corrected chi connectivity index (χ1v) is 3.67. The van der Waals surface area contributed by atoms with Crippen LogP contribution in [-0.2, 0) is 4.74 Å². The fourth-order valence-corrected chi connectivity index (χ4v) is 0.853. The Bertz CT molecular complexity index is 286. The van der Waals surface area contributed by atoms with Crippen LogP contribution in [0.5, 0.6) is 0 Å². The van der Waals surface area contributed by atoms with E-state index in [9.17, 15) is 4.39 Å². The first-order chi connectivity index (χ1) is 5.75. The lowest BCUT2D eigenvalue weighted by Gasteiger charge is -2.06. The van der Waals surface area contributed by atoms with E-state index in [1.807, 2.05) is 6.92 Å². The standard InChI is InChI=1S/C9H10FNO/c1-3-12-7(2)8-4-5-11-6-9(8)10/h4-6H,2-3H2,1H3. The van der Waals surface area contributed by atoms with Crippen molar-refractivity contribution in [2.24, 2.45) is 0 Å². The van der Waals surface area contributed by atoms with E-state index in [1.165, 1.54) is 12.3 Å². The number of ether oxygens (including phenoxy) is 1. The molecule has 1 rings (SSSR count). The predicted molar refractivity (Wildman–Crippen MR) is 44.9 cm³/mol. The summed E-state index contributed by atoms with van der Waals surface area (Å²) in [7, 11) is 0. The summed E-state index contributed by atoms with van der Waals surface area (Å²) in [6.45, 7) is 5.90. The Balaban J connectivity index is 2.87. The Hall–Kier alpha value is -1.38. The molecule has 64 valence electrons. The average molecular weight is 167 g/mol. The third-order valence-electron chi connectivity index (χ3n) is 1.39. The fraction of sp³-hybridized carbons (Fsp3) is 0.222. The van der Waals surface area contributed by atoms with Crippen LogP contribution < -0.4 is 0 Å². The maximum atomic E-state index is 13.0. The van der Waals surface area contributed by atoms with Crippen molar-refractivity contribution in [2.45, 2.75) is 6.92 Å². The normalized spacial score (nSPS) is 9.50. The van der Waals surface area contributed by atoms with Crippen molar-refractivity contribution < 1.29 is 9.13 Å². The number of rotatable bonds is 3. The molecular formula is C9H10FNO. The molecule has 2 nitrogen and oxygen atoms in total. The van der Waals surface area contributed by atoms with E-state index >= 15 is 0 Å². The molecule has 0 spiro atoms. The molecule has 0 saturated carbocycles. The number of pyridine rings is 1. The van der Waals surface area contributed by atoms with Crippen molar-refractivity contribution in [2.75, 3.05) is 6.61 Å². The Morgan fingerprint density at radius 3 is 3.08 bits per heavy atom. The molecule has 0 bridgehead atoms. The minimum atomic E-state index is -0.407. The van der Waals surface area contributed by atoms with Crippen molar-refractivity contribution in [1.82, 2.24) is 4.98 Å². The number of hydrogen-bond donors (Lipinski definition) is 0. The van der Waals surface area contributed by atoms with E-state index in [4.69, 9.17) is 4.74 Å². The highest BCUT2D eigenvalue weighted by Gasteiger charge is 2.04. The minimum Gasteiger partial charge on any atom is -0.494 e. The van der Waals surface area contributed by atoms with E-state index in [0.29, 0.717) is 17.9 Å². The van der Waals surface area contributed by atoms with Crippen LogP contribution in [0.1, 0.15) is 12.5 Å². The van der Waals surface area contributed by atoms with Crippen molar-refractivity contribution in [1.29, 1.82) is 0 Å². The molecule has 0 aliphatic carbocycles. The molecule has 0 fully saturated rings. The van der Waals surface area contributed by atoms with Gasteiger partial charge in [0.05, 0.1) is 18.4 Å². The summed E-state index contributed by atoms with van der Waals surface area (Å²) in [4.78, 5) is 3.62. The van der Waals surface area contributed by atoms with Crippen LogP contribution in [0.25, 0.3) is 5.76 Å². The zero-order valence-corrected chi connectivity index (χ0v) is 6.88. The molecule has 0 radical (unpaired) electrons. The Labute approximate surface area is 70.7 Å². The molecule has 0 N–H and O–H groups in total. The van der Waals surface area contributed by atoms with Gasteiger partial charge in [-0.3, -0.25) is 4.98 Å². The molecule has 1 heterocycles. The number of aromatic nitrogens is 1. The van der Waals surface area contributed by atoms with Gasteiger partial charge in [0.1, 0.15) is 5.76 Å². The van der Waals surface area contributed by atoms with Gasteiger partial charge in [-0.1, -0.05) is 6.58 Å². The predicted octanol–water partition coefficient (Wildman–Crippen LogP) is 2.23. The third kappa shape index (κ3) is 1.81. The van der Waals surface area contributed by atoms with Gasteiger partial charge < -0.3 is 4.74 Å². The Morgan fingerprint density at radius 1 is 1.75 bits per heavy atom. The highest BCUT2D eigenvalue weighted by Crippen LogP contribution is 2.15. The summed E-state index contributed by atoms with van der Waals surface area (Å²) in [5, 5.41) is 0. The van der Waals surface area contributed by atoms with Crippen LogP contribution in [-0.4, -0.2) is 11.6 Å². The van der Waals surface area contributed by atoms with Gasteiger partial charge in [-0.25, -0.2) is 4.39 Å². The summed E-state index contributed by atoms with van der Waals surface area (Å²) < 4.78 is 18.0. The number of hydrogen-bond acceptors (Lipinski definition) is 2. The first-order valence-electron chi connectivity index (χ1n) is 3.67. The summed E-state index contributed by atoms with van der Waals surface area (Å²) in [6, 6.07) is 1.54. The average Bonchev–Trinajstić information content (AvgIpc) is 2.05. The van der Waals surface area contributed by atoms with Crippen molar-refractivity contribution in [3.8, 4) is 0 Å². The van der Waals surface area contributed by atoms with E-state index in [0.717, 1.165) is 6.20 Å². The van der Waals surface area contributed by atoms with Crippen LogP contribution >= 0.6 is 0 Å². The molecular weight excluding hydrogens is 157 g/mol. The molecule has 3 heteroatoms. The molecule has 0 unspecified atom stereocenters. The highest BCUT2D eigenvalue weighted by molar-refractivity contribution is 5.57. The van der Waals surface area contributed by atoms with E-state index < -0.39 is 5.82 Å². The van der Waals surface area contributed by atoms with E-state index in [-0.39, 0.29) is 0 Å². The number of nitrogens with zero attached hydrogens (tertiary/aromatic N) is 1. The van der Waals surface area contributed by atoms with E-state index in [1.54, 1.807) is 0 Å². The third-order valence-corrected chi connectivity index (χ3v) is 1.39. The second-order valence-corrected chi connectivity index (χ2v) is 2.21. The van der Waals surface area contributed by atoms with Gasteiger partial charge in [0.15, 0.2) is 5.82 Å². The minimum absolute atomic E-state index is 0.345.